The zero-order valence-electron chi connectivity index (χ0n) is 9.77. The van der Waals surface area contributed by atoms with E-state index in [2.05, 4.69) is 9.88 Å². The minimum atomic E-state index is -0.604. The van der Waals surface area contributed by atoms with E-state index in [9.17, 15) is 5.11 Å². The van der Waals surface area contributed by atoms with Crippen molar-refractivity contribution < 1.29 is 5.11 Å². The summed E-state index contributed by atoms with van der Waals surface area (Å²) >= 11 is 6.09. The largest absolute Gasteiger partial charge is 0.388 e. The summed E-state index contributed by atoms with van der Waals surface area (Å²) in [6.07, 6.45) is 7.46. The Morgan fingerprint density at radius 2 is 2.35 bits per heavy atom. The van der Waals surface area contributed by atoms with Crippen LogP contribution in [0.5, 0.6) is 0 Å². The molecule has 17 heavy (non-hydrogen) atoms. The molecule has 2 heterocycles. The molecule has 1 aliphatic carbocycles. The summed E-state index contributed by atoms with van der Waals surface area (Å²) in [5.74, 6) is 0. The van der Waals surface area contributed by atoms with E-state index in [1.807, 2.05) is 6.07 Å². The second kappa shape index (κ2) is 4.23. The number of hydrogen-bond acceptors (Lipinski definition) is 3. The van der Waals surface area contributed by atoms with Crippen molar-refractivity contribution >= 4 is 11.6 Å². The van der Waals surface area contributed by atoms with Crippen molar-refractivity contribution in [3.8, 4) is 0 Å². The van der Waals surface area contributed by atoms with Crippen molar-refractivity contribution in [1.29, 1.82) is 0 Å². The van der Waals surface area contributed by atoms with Crippen LogP contribution in [-0.4, -0.2) is 39.7 Å². The molecule has 2 fully saturated rings. The molecule has 0 bridgehead atoms. The first-order chi connectivity index (χ1) is 8.16. The fraction of sp³-hybridized carbons (Fsp3) is 0.615. The topological polar surface area (TPSA) is 36.4 Å². The molecule has 1 aromatic rings. The molecule has 1 atom stereocenters. The summed E-state index contributed by atoms with van der Waals surface area (Å²) in [4.78, 5) is 6.38. The van der Waals surface area contributed by atoms with E-state index in [-0.39, 0.29) is 0 Å². The summed E-state index contributed by atoms with van der Waals surface area (Å²) in [6.45, 7) is 1.81. The van der Waals surface area contributed by atoms with Gasteiger partial charge in [-0.1, -0.05) is 11.6 Å². The Labute approximate surface area is 106 Å². The first kappa shape index (κ1) is 11.5. The number of rotatable bonds is 3. The molecule has 1 aliphatic heterocycles. The van der Waals surface area contributed by atoms with Crippen LogP contribution in [0.3, 0.4) is 0 Å². The van der Waals surface area contributed by atoms with E-state index in [1.165, 1.54) is 12.8 Å². The van der Waals surface area contributed by atoms with Gasteiger partial charge >= 0.3 is 0 Å². The zero-order chi connectivity index (χ0) is 11.9. The highest BCUT2D eigenvalue weighted by molar-refractivity contribution is 6.31. The van der Waals surface area contributed by atoms with Crippen LogP contribution in [0, 0.1) is 0 Å². The second-order valence-electron chi connectivity index (χ2n) is 5.32. The Kier molecular flexibility index (Phi) is 2.85. The van der Waals surface area contributed by atoms with Crippen molar-refractivity contribution in [3.63, 3.8) is 0 Å². The summed E-state index contributed by atoms with van der Waals surface area (Å²) in [6, 6.07) is 2.64. The first-order valence-corrected chi connectivity index (χ1v) is 6.59. The molecule has 3 rings (SSSR count). The molecule has 0 amide bonds. The van der Waals surface area contributed by atoms with E-state index in [0.29, 0.717) is 11.4 Å². The van der Waals surface area contributed by atoms with Crippen molar-refractivity contribution in [3.05, 3.63) is 29.0 Å². The minimum absolute atomic E-state index is 0.604. The number of aliphatic hydroxyl groups is 1. The molecular weight excluding hydrogens is 236 g/mol. The van der Waals surface area contributed by atoms with Crippen LogP contribution in [0.25, 0.3) is 0 Å². The minimum Gasteiger partial charge on any atom is -0.388 e. The van der Waals surface area contributed by atoms with Gasteiger partial charge in [-0.2, -0.15) is 0 Å². The molecular formula is C13H17ClN2O. The smallest absolute Gasteiger partial charge is 0.0827 e. The molecule has 1 unspecified atom stereocenters. The van der Waals surface area contributed by atoms with Gasteiger partial charge in [0.25, 0.3) is 0 Å². The normalized spacial score (nSPS) is 29.8. The summed E-state index contributed by atoms with van der Waals surface area (Å²) in [5, 5.41) is 11.3. The highest BCUT2D eigenvalue weighted by Gasteiger charge is 2.42. The van der Waals surface area contributed by atoms with Crippen LogP contribution in [-0.2, 0) is 6.42 Å². The molecule has 0 aromatic carbocycles. The molecule has 1 saturated heterocycles. The summed E-state index contributed by atoms with van der Waals surface area (Å²) in [7, 11) is 0. The Morgan fingerprint density at radius 1 is 1.53 bits per heavy atom. The number of likely N-dealkylation sites (tertiary alicyclic amines) is 1. The highest BCUT2D eigenvalue weighted by atomic mass is 35.5. The number of β-amino-alcohol motifs (C(OH)–C–C–N with tert-alkyl or cyclic N) is 1. The van der Waals surface area contributed by atoms with Gasteiger partial charge in [0, 0.05) is 37.9 Å². The van der Waals surface area contributed by atoms with E-state index in [1.54, 1.807) is 12.4 Å². The van der Waals surface area contributed by atoms with Gasteiger partial charge in [-0.05, 0) is 30.9 Å². The van der Waals surface area contributed by atoms with Gasteiger partial charge in [-0.25, -0.2) is 0 Å². The van der Waals surface area contributed by atoms with Crippen molar-refractivity contribution in [2.75, 3.05) is 13.1 Å². The van der Waals surface area contributed by atoms with Crippen LogP contribution in [0.1, 0.15) is 24.8 Å². The molecule has 0 radical (unpaired) electrons. The lowest BCUT2D eigenvalue weighted by Crippen LogP contribution is -2.36. The predicted molar refractivity (Wildman–Crippen MR) is 67.1 cm³/mol. The highest BCUT2D eigenvalue weighted by Crippen LogP contribution is 2.35. The third-order valence-electron chi connectivity index (χ3n) is 3.80. The molecule has 1 aromatic heterocycles. The molecule has 2 aliphatic rings. The van der Waals surface area contributed by atoms with Crippen LogP contribution in [0.15, 0.2) is 18.5 Å². The fourth-order valence-electron chi connectivity index (χ4n) is 2.69. The monoisotopic (exact) mass is 252 g/mol. The van der Waals surface area contributed by atoms with Crippen LogP contribution in [0.2, 0.25) is 5.02 Å². The quantitative estimate of drug-likeness (QED) is 0.892. The standard InChI is InChI=1S/C13H17ClN2O/c14-12-8-15-5-3-10(12)7-13(17)4-6-16(9-13)11-1-2-11/h3,5,8,11,17H,1-2,4,6-7,9H2. The van der Waals surface area contributed by atoms with Gasteiger partial charge < -0.3 is 5.11 Å². The molecule has 4 heteroatoms. The Bertz CT molecular complexity index is 422. The number of nitrogens with zero attached hydrogens (tertiary/aromatic N) is 2. The number of halogens is 1. The number of aromatic nitrogens is 1. The van der Waals surface area contributed by atoms with Crippen molar-refractivity contribution in [2.45, 2.75) is 37.3 Å². The Hall–Kier alpha value is -0.640. The lowest BCUT2D eigenvalue weighted by molar-refractivity contribution is 0.0487. The first-order valence-electron chi connectivity index (χ1n) is 6.21. The average Bonchev–Trinajstić information content (AvgIpc) is 3.07. The van der Waals surface area contributed by atoms with E-state index in [0.717, 1.165) is 31.1 Å². The maximum atomic E-state index is 10.6. The van der Waals surface area contributed by atoms with Crippen LogP contribution >= 0.6 is 11.6 Å². The predicted octanol–water partition coefficient (Wildman–Crippen LogP) is 1.88. The summed E-state index contributed by atoms with van der Waals surface area (Å²) in [5.41, 5.74) is 0.398. The molecule has 0 spiro atoms. The van der Waals surface area contributed by atoms with Crippen molar-refractivity contribution in [1.82, 2.24) is 9.88 Å². The van der Waals surface area contributed by atoms with Crippen LogP contribution in [0.4, 0.5) is 0 Å². The molecule has 1 N–H and O–H groups in total. The maximum Gasteiger partial charge on any atom is 0.0827 e. The summed E-state index contributed by atoms with van der Waals surface area (Å²) < 4.78 is 0. The lowest BCUT2D eigenvalue weighted by Gasteiger charge is -2.24. The Balaban J connectivity index is 1.70. The molecule has 3 nitrogen and oxygen atoms in total. The van der Waals surface area contributed by atoms with Gasteiger partial charge in [-0.15, -0.1) is 0 Å². The SMILES string of the molecule is OC1(Cc2ccncc2Cl)CCN(C2CC2)C1. The van der Waals surface area contributed by atoms with E-state index in [4.69, 9.17) is 11.6 Å². The van der Waals surface area contributed by atoms with Gasteiger partial charge in [0.05, 0.1) is 10.6 Å². The van der Waals surface area contributed by atoms with Crippen molar-refractivity contribution in [2.24, 2.45) is 0 Å². The van der Waals surface area contributed by atoms with Gasteiger partial charge in [0.1, 0.15) is 0 Å². The molecule has 1 saturated carbocycles. The van der Waals surface area contributed by atoms with Crippen LogP contribution < -0.4 is 0 Å². The Morgan fingerprint density at radius 3 is 3.06 bits per heavy atom. The van der Waals surface area contributed by atoms with Gasteiger partial charge in [0.2, 0.25) is 0 Å². The second-order valence-corrected chi connectivity index (χ2v) is 5.73. The fourth-order valence-corrected chi connectivity index (χ4v) is 2.87. The lowest BCUT2D eigenvalue weighted by atomic mass is 9.94. The molecule has 92 valence electrons. The zero-order valence-corrected chi connectivity index (χ0v) is 10.5. The van der Waals surface area contributed by atoms with Gasteiger partial charge in [0.15, 0.2) is 0 Å². The average molecular weight is 253 g/mol. The van der Waals surface area contributed by atoms with Gasteiger partial charge in [-0.3, -0.25) is 9.88 Å². The van der Waals surface area contributed by atoms with E-state index < -0.39 is 5.60 Å². The third kappa shape index (κ3) is 2.46. The number of hydrogen-bond donors (Lipinski definition) is 1. The van der Waals surface area contributed by atoms with E-state index >= 15 is 0 Å². The maximum absolute atomic E-state index is 10.6. The number of pyridine rings is 1. The third-order valence-corrected chi connectivity index (χ3v) is 4.14.